The number of carbonyl (C=O) groups is 1. The van der Waals surface area contributed by atoms with Gasteiger partial charge in [0.25, 0.3) is 5.56 Å². The van der Waals surface area contributed by atoms with Crippen LogP contribution in [0, 0.1) is 0 Å². The summed E-state index contributed by atoms with van der Waals surface area (Å²) >= 11 is 1.38. The normalized spacial score (nSPS) is 16.0. The molecule has 0 bridgehead atoms. The third kappa shape index (κ3) is 3.13. The second-order valence-electron chi connectivity index (χ2n) is 5.75. The van der Waals surface area contributed by atoms with Gasteiger partial charge < -0.3 is 4.90 Å². The number of carbonyl (C=O) groups excluding carboxylic acids is 1. The summed E-state index contributed by atoms with van der Waals surface area (Å²) in [4.78, 5) is 31.6. The van der Waals surface area contributed by atoms with E-state index in [9.17, 15) is 9.59 Å². The minimum Gasteiger partial charge on any atom is -0.342 e. The van der Waals surface area contributed by atoms with Gasteiger partial charge in [-0.3, -0.25) is 14.2 Å². The molecule has 1 atom stereocenters. The molecule has 2 aromatic rings. The van der Waals surface area contributed by atoms with Gasteiger partial charge in [0.15, 0.2) is 5.16 Å². The zero-order valence-electron chi connectivity index (χ0n) is 13.5. The molecule has 3 rings (SSSR count). The molecule has 1 aliphatic rings. The Morgan fingerprint density at radius 3 is 2.70 bits per heavy atom. The van der Waals surface area contributed by atoms with Crippen molar-refractivity contribution in [3.8, 4) is 0 Å². The Hall–Kier alpha value is -1.82. The lowest BCUT2D eigenvalue weighted by molar-refractivity contribution is -0.129. The van der Waals surface area contributed by atoms with Crippen molar-refractivity contribution in [2.75, 3.05) is 13.1 Å². The van der Waals surface area contributed by atoms with E-state index in [1.165, 1.54) is 11.8 Å². The lowest BCUT2D eigenvalue weighted by atomic mass is 10.2. The van der Waals surface area contributed by atoms with E-state index in [1.807, 2.05) is 36.9 Å². The minimum atomic E-state index is -0.237. The van der Waals surface area contributed by atoms with Gasteiger partial charge in [0.1, 0.15) is 0 Å². The van der Waals surface area contributed by atoms with E-state index in [1.54, 1.807) is 10.6 Å². The Morgan fingerprint density at radius 1 is 1.30 bits per heavy atom. The number of aromatic nitrogens is 2. The van der Waals surface area contributed by atoms with Crippen molar-refractivity contribution < 1.29 is 4.79 Å². The van der Waals surface area contributed by atoms with Crippen molar-refractivity contribution in [2.24, 2.45) is 0 Å². The second kappa shape index (κ2) is 6.74. The summed E-state index contributed by atoms with van der Waals surface area (Å²) in [7, 11) is 0. The molecule has 1 unspecified atom stereocenters. The molecule has 0 N–H and O–H groups in total. The fourth-order valence-corrected chi connectivity index (χ4v) is 3.98. The summed E-state index contributed by atoms with van der Waals surface area (Å²) < 4.78 is 1.65. The molecule has 5 nitrogen and oxygen atoms in total. The Balaban J connectivity index is 1.92. The maximum absolute atomic E-state index is 12.6. The topological polar surface area (TPSA) is 55.2 Å². The van der Waals surface area contributed by atoms with Gasteiger partial charge >= 0.3 is 0 Å². The molecule has 0 aliphatic carbocycles. The van der Waals surface area contributed by atoms with Crippen LogP contribution in [0.15, 0.2) is 34.2 Å². The number of rotatable bonds is 4. The van der Waals surface area contributed by atoms with Crippen molar-refractivity contribution >= 4 is 28.6 Å². The lowest BCUT2D eigenvalue weighted by Crippen LogP contribution is -2.34. The van der Waals surface area contributed by atoms with Gasteiger partial charge in [-0.05, 0) is 38.8 Å². The minimum absolute atomic E-state index is 0.0404. The highest BCUT2D eigenvalue weighted by Crippen LogP contribution is 2.25. The first-order valence-corrected chi connectivity index (χ1v) is 8.94. The molecule has 0 spiro atoms. The van der Waals surface area contributed by atoms with Crippen molar-refractivity contribution in [3.63, 3.8) is 0 Å². The Bertz CT molecular complexity index is 781. The average molecular weight is 331 g/mol. The van der Waals surface area contributed by atoms with Crippen LogP contribution in [0.25, 0.3) is 10.9 Å². The molecule has 0 saturated carbocycles. The van der Waals surface area contributed by atoms with Crippen LogP contribution >= 0.6 is 11.8 Å². The van der Waals surface area contributed by atoms with Crippen LogP contribution < -0.4 is 5.56 Å². The van der Waals surface area contributed by atoms with Crippen molar-refractivity contribution in [1.29, 1.82) is 0 Å². The molecule has 1 fully saturated rings. The second-order valence-corrected chi connectivity index (χ2v) is 7.06. The standard InChI is InChI=1S/C17H21N3O2S/c1-3-20-16(22)13-8-4-5-9-14(13)18-17(20)23-12(2)15(21)19-10-6-7-11-19/h4-5,8-9,12H,3,6-7,10-11H2,1-2H3. The molecule has 1 saturated heterocycles. The fraction of sp³-hybridized carbons (Fsp3) is 0.471. The number of likely N-dealkylation sites (tertiary alicyclic amines) is 1. The van der Waals surface area contributed by atoms with Crippen LogP contribution in [0.5, 0.6) is 0 Å². The maximum Gasteiger partial charge on any atom is 0.262 e. The molecule has 0 radical (unpaired) electrons. The number of amides is 1. The summed E-state index contributed by atoms with van der Waals surface area (Å²) in [6.45, 7) is 6.05. The van der Waals surface area contributed by atoms with Gasteiger partial charge in [0, 0.05) is 19.6 Å². The maximum atomic E-state index is 12.6. The zero-order chi connectivity index (χ0) is 16.4. The molecule has 122 valence electrons. The highest BCUT2D eigenvalue weighted by molar-refractivity contribution is 8.00. The highest BCUT2D eigenvalue weighted by atomic mass is 32.2. The largest absolute Gasteiger partial charge is 0.342 e. The third-order valence-corrected chi connectivity index (χ3v) is 5.27. The predicted molar refractivity (Wildman–Crippen MR) is 92.8 cm³/mol. The van der Waals surface area contributed by atoms with Gasteiger partial charge in [-0.1, -0.05) is 23.9 Å². The number of benzene rings is 1. The Kier molecular flexibility index (Phi) is 4.71. The molecule has 23 heavy (non-hydrogen) atoms. The predicted octanol–water partition coefficient (Wildman–Crippen LogP) is 2.52. The van der Waals surface area contributed by atoms with Crippen molar-refractivity contribution in [2.45, 2.75) is 43.6 Å². The van der Waals surface area contributed by atoms with E-state index in [4.69, 9.17) is 0 Å². The summed E-state index contributed by atoms with van der Waals surface area (Å²) in [5.41, 5.74) is 0.645. The molecular weight excluding hydrogens is 310 g/mol. The van der Waals surface area contributed by atoms with Gasteiger partial charge in [-0.15, -0.1) is 0 Å². The van der Waals surface area contributed by atoms with Crippen LogP contribution in [0.3, 0.4) is 0 Å². The smallest absolute Gasteiger partial charge is 0.262 e. The van der Waals surface area contributed by atoms with Crippen LogP contribution in [-0.4, -0.2) is 38.7 Å². The molecule has 1 aliphatic heterocycles. The van der Waals surface area contributed by atoms with Crippen LogP contribution in [0.4, 0.5) is 0 Å². The molecule has 1 aromatic heterocycles. The molecule has 2 heterocycles. The van der Waals surface area contributed by atoms with E-state index in [0.717, 1.165) is 25.9 Å². The average Bonchev–Trinajstić information content (AvgIpc) is 3.09. The number of nitrogens with zero attached hydrogens (tertiary/aromatic N) is 3. The highest BCUT2D eigenvalue weighted by Gasteiger charge is 2.25. The summed E-state index contributed by atoms with van der Waals surface area (Å²) in [6, 6.07) is 7.36. The first-order valence-electron chi connectivity index (χ1n) is 8.07. The summed E-state index contributed by atoms with van der Waals surface area (Å²) in [5.74, 6) is 0.137. The van der Waals surface area contributed by atoms with Gasteiger partial charge in [-0.2, -0.15) is 0 Å². The molecule has 1 aromatic carbocycles. The zero-order valence-corrected chi connectivity index (χ0v) is 14.3. The van der Waals surface area contributed by atoms with E-state index in [0.29, 0.717) is 22.6 Å². The van der Waals surface area contributed by atoms with E-state index >= 15 is 0 Å². The molecule has 6 heteroatoms. The Morgan fingerprint density at radius 2 is 2.00 bits per heavy atom. The third-order valence-electron chi connectivity index (χ3n) is 4.19. The van der Waals surface area contributed by atoms with Gasteiger partial charge in [0.2, 0.25) is 5.91 Å². The number of para-hydroxylation sites is 1. The van der Waals surface area contributed by atoms with Crippen LogP contribution in [-0.2, 0) is 11.3 Å². The first-order chi connectivity index (χ1) is 11.1. The fourth-order valence-electron chi connectivity index (χ4n) is 2.92. The van der Waals surface area contributed by atoms with Crippen molar-refractivity contribution in [3.05, 3.63) is 34.6 Å². The number of thioether (sulfide) groups is 1. The first kappa shape index (κ1) is 16.1. The van der Waals surface area contributed by atoms with Crippen LogP contribution in [0.1, 0.15) is 26.7 Å². The summed E-state index contributed by atoms with van der Waals surface area (Å²) in [6.07, 6.45) is 2.16. The monoisotopic (exact) mass is 331 g/mol. The van der Waals surface area contributed by atoms with Crippen LogP contribution in [0.2, 0.25) is 0 Å². The molecular formula is C17H21N3O2S. The van der Waals surface area contributed by atoms with E-state index in [-0.39, 0.29) is 16.7 Å². The summed E-state index contributed by atoms with van der Waals surface area (Å²) in [5, 5.41) is 1.01. The van der Waals surface area contributed by atoms with Gasteiger partial charge in [-0.25, -0.2) is 4.98 Å². The van der Waals surface area contributed by atoms with E-state index < -0.39 is 0 Å². The van der Waals surface area contributed by atoms with Crippen molar-refractivity contribution in [1.82, 2.24) is 14.5 Å². The lowest BCUT2D eigenvalue weighted by Gasteiger charge is -2.20. The van der Waals surface area contributed by atoms with E-state index in [2.05, 4.69) is 4.98 Å². The Labute approximate surface area is 139 Å². The SMILES string of the molecule is CCn1c(SC(C)C(=O)N2CCCC2)nc2ccccc2c1=O. The number of fused-ring (bicyclic) bond motifs is 1. The number of hydrogen-bond donors (Lipinski definition) is 0. The number of hydrogen-bond acceptors (Lipinski definition) is 4. The quantitative estimate of drug-likeness (QED) is 0.638. The molecule has 1 amide bonds. The van der Waals surface area contributed by atoms with Gasteiger partial charge in [0.05, 0.1) is 16.2 Å².